The summed E-state index contributed by atoms with van der Waals surface area (Å²) in [7, 11) is 1.51. The van der Waals surface area contributed by atoms with Crippen molar-refractivity contribution in [3.63, 3.8) is 0 Å². The van der Waals surface area contributed by atoms with Gasteiger partial charge in [0, 0.05) is 24.3 Å². The summed E-state index contributed by atoms with van der Waals surface area (Å²) in [5.41, 5.74) is 2.32. The maximum absolute atomic E-state index is 12.8. The Morgan fingerprint density at radius 2 is 1.92 bits per heavy atom. The molecule has 0 aromatic heterocycles. The zero-order valence-electron chi connectivity index (χ0n) is 14.6. The number of halogens is 2. The van der Waals surface area contributed by atoms with Gasteiger partial charge in [-0.3, -0.25) is 4.79 Å². The van der Waals surface area contributed by atoms with E-state index in [2.05, 4.69) is 5.32 Å². The molecule has 1 aliphatic heterocycles. The fourth-order valence-corrected chi connectivity index (χ4v) is 3.62. The molecule has 0 atom stereocenters. The number of amides is 1. The summed E-state index contributed by atoms with van der Waals surface area (Å²) in [4.78, 5) is 12.8. The minimum Gasteiger partial charge on any atom is -0.494 e. The zero-order chi connectivity index (χ0) is 18.5. The van der Waals surface area contributed by atoms with Crippen molar-refractivity contribution in [2.75, 3.05) is 20.3 Å². The molecule has 0 aliphatic carbocycles. The molecular weight excluding hydrogens is 373 g/mol. The fourth-order valence-electron chi connectivity index (χ4n) is 3.09. The summed E-state index contributed by atoms with van der Waals surface area (Å²) in [6.45, 7) is 1.32. The van der Waals surface area contributed by atoms with Crippen molar-refractivity contribution in [3.05, 3.63) is 63.1 Å². The van der Waals surface area contributed by atoms with Crippen molar-refractivity contribution in [2.24, 2.45) is 0 Å². The average Bonchev–Trinajstić information content (AvgIpc) is 2.64. The Bertz CT molecular complexity index is 789. The van der Waals surface area contributed by atoms with E-state index in [-0.39, 0.29) is 11.9 Å². The van der Waals surface area contributed by atoms with E-state index in [1.165, 1.54) is 7.11 Å². The second kappa shape index (κ2) is 8.76. The highest BCUT2D eigenvalue weighted by atomic mass is 35.5. The predicted molar refractivity (Wildman–Crippen MR) is 104 cm³/mol. The van der Waals surface area contributed by atoms with Gasteiger partial charge in [0.2, 0.25) is 0 Å². The van der Waals surface area contributed by atoms with Crippen molar-refractivity contribution in [1.29, 1.82) is 0 Å². The van der Waals surface area contributed by atoms with Gasteiger partial charge >= 0.3 is 0 Å². The van der Waals surface area contributed by atoms with Gasteiger partial charge in [-0.05, 0) is 48.6 Å². The topological polar surface area (TPSA) is 47.6 Å². The average molecular weight is 394 g/mol. The summed E-state index contributed by atoms with van der Waals surface area (Å²) in [5.74, 6) is 0.204. The third-order valence-electron chi connectivity index (χ3n) is 4.46. The monoisotopic (exact) mass is 393 g/mol. The van der Waals surface area contributed by atoms with E-state index < -0.39 is 0 Å². The Balaban J connectivity index is 1.86. The third kappa shape index (κ3) is 4.50. The second-order valence-corrected chi connectivity index (χ2v) is 7.10. The SMILES string of the molecule is COc1c(Cl)cc(Cc2ccccc2Cl)cc1C(=O)NC1CCOCC1. The van der Waals surface area contributed by atoms with Gasteiger partial charge in [0.25, 0.3) is 5.91 Å². The number of hydrogen-bond acceptors (Lipinski definition) is 3. The number of nitrogens with one attached hydrogen (secondary N) is 1. The van der Waals surface area contributed by atoms with Crippen molar-refractivity contribution < 1.29 is 14.3 Å². The van der Waals surface area contributed by atoms with Crippen molar-refractivity contribution in [3.8, 4) is 5.75 Å². The number of hydrogen-bond donors (Lipinski definition) is 1. The van der Waals surface area contributed by atoms with Crippen LogP contribution in [-0.4, -0.2) is 32.3 Å². The van der Waals surface area contributed by atoms with E-state index in [0.29, 0.717) is 41.0 Å². The molecule has 2 aromatic rings. The molecule has 1 N–H and O–H groups in total. The first kappa shape index (κ1) is 19.0. The number of rotatable bonds is 5. The highest BCUT2D eigenvalue weighted by Gasteiger charge is 2.21. The van der Waals surface area contributed by atoms with E-state index in [9.17, 15) is 4.79 Å². The Hall–Kier alpha value is -1.75. The van der Waals surface area contributed by atoms with Gasteiger partial charge in [-0.25, -0.2) is 0 Å². The Morgan fingerprint density at radius 3 is 2.62 bits per heavy atom. The Morgan fingerprint density at radius 1 is 1.19 bits per heavy atom. The normalized spacial score (nSPS) is 14.9. The first-order valence-electron chi connectivity index (χ1n) is 8.57. The molecule has 138 valence electrons. The van der Waals surface area contributed by atoms with Gasteiger partial charge in [0.15, 0.2) is 0 Å². The van der Waals surface area contributed by atoms with Crippen LogP contribution in [0.2, 0.25) is 10.0 Å². The largest absolute Gasteiger partial charge is 0.494 e. The number of methoxy groups -OCH3 is 1. The minimum absolute atomic E-state index is 0.104. The molecule has 0 radical (unpaired) electrons. The molecule has 2 aromatic carbocycles. The molecule has 1 aliphatic rings. The van der Waals surface area contributed by atoms with Gasteiger partial charge in [-0.15, -0.1) is 0 Å². The van der Waals surface area contributed by atoms with Gasteiger partial charge in [0.1, 0.15) is 5.75 Å². The van der Waals surface area contributed by atoms with Crippen LogP contribution < -0.4 is 10.1 Å². The quantitative estimate of drug-likeness (QED) is 0.812. The van der Waals surface area contributed by atoms with Crippen LogP contribution >= 0.6 is 23.2 Å². The van der Waals surface area contributed by atoms with E-state index in [1.54, 1.807) is 0 Å². The summed E-state index contributed by atoms with van der Waals surface area (Å²) >= 11 is 12.6. The Kier molecular flexibility index (Phi) is 6.41. The molecule has 0 spiro atoms. The molecule has 0 unspecified atom stereocenters. The number of benzene rings is 2. The van der Waals surface area contributed by atoms with Crippen LogP contribution in [0.25, 0.3) is 0 Å². The molecular formula is C20H21Cl2NO3. The number of carbonyl (C=O) groups excluding carboxylic acids is 1. The second-order valence-electron chi connectivity index (χ2n) is 6.29. The highest BCUT2D eigenvalue weighted by Crippen LogP contribution is 2.32. The molecule has 1 amide bonds. The van der Waals surface area contributed by atoms with Crippen LogP contribution in [0, 0.1) is 0 Å². The lowest BCUT2D eigenvalue weighted by Crippen LogP contribution is -2.39. The van der Waals surface area contributed by atoms with Gasteiger partial charge in [-0.2, -0.15) is 0 Å². The molecule has 0 saturated carbocycles. The van der Waals surface area contributed by atoms with Crippen LogP contribution in [0.5, 0.6) is 5.75 Å². The lowest BCUT2D eigenvalue weighted by Gasteiger charge is -2.23. The molecule has 26 heavy (non-hydrogen) atoms. The predicted octanol–water partition coefficient (Wildman–Crippen LogP) is 4.50. The van der Waals surface area contributed by atoms with Crippen LogP contribution in [0.4, 0.5) is 0 Å². The smallest absolute Gasteiger partial charge is 0.255 e. The van der Waals surface area contributed by atoms with Gasteiger partial charge in [-0.1, -0.05) is 41.4 Å². The number of carbonyl (C=O) groups is 1. The van der Waals surface area contributed by atoms with Crippen molar-refractivity contribution >= 4 is 29.1 Å². The third-order valence-corrected chi connectivity index (χ3v) is 5.11. The van der Waals surface area contributed by atoms with Crippen LogP contribution in [0.1, 0.15) is 34.3 Å². The fraction of sp³-hybridized carbons (Fsp3) is 0.350. The first-order chi connectivity index (χ1) is 12.6. The van der Waals surface area contributed by atoms with E-state index >= 15 is 0 Å². The molecule has 1 heterocycles. The van der Waals surface area contributed by atoms with E-state index in [1.807, 2.05) is 36.4 Å². The van der Waals surface area contributed by atoms with Gasteiger partial charge < -0.3 is 14.8 Å². The van der Waals surface area contributed by atoms with E-state index in [4.69, 9.17) is 32.7 Å². The highest BCUT2D eigenvalue weighted by molar-refractivity contribution is 6.33. The summed E-state index contributed by atoms with van der Waals surface area (Å²) in [6, 6.07) is 11.4. The lowest BCUT2D eigenvalue weighted by atomic mass is 10.0. The summed E-state index contributed by atoms with van der Waals surface area (Å²) in [6.07, 6.45) is 2.20. The van der Waals surface area contributed by atoms with Gasteiger partial charge in [0.05, 0.1) is 17.7 Å². The molecule has 6 heteroatoms. The van der Waals surface area contributed by atoms with Crippen LogP contribution in [0.15, 0.2) is 36.4 Å². The maximum Gasteiger partial charge on any atom is 0.255 e. The maximum atomic E-state index is 12.8. The minimum atomic E-state index is -0.184. The van der Waals surface area contributed by atoms with Crippen molar-refractivity contribution in [1.82, 2.24) is 5.32 Å². The molecule has 3 rings (SSSR count). The Labute approximate surface area is 163 Å². The van der Waals surface area contributed by atoms with Crippen LogP contribution in [-0.2, 0) is 11.2 Å². The number of ether oxygens (including phenoxy) is 2. The molecule has 0 bridgehead atoms. The van der Waals surface area contributed by atoms with Crippen LogP contribution in [0.3, 0.4) is 0 Å². The molecule has 1 fully saturated rings. The van der Waals surface area contributed by atoms with E-state index in [0.717, 1.165) is 24.0 Å². The zero-order valence-corrected chi connectivity index (χ0v) is 16.1. The molecule has 1 saturated heterocycles. The molecule has 4 nitrogen and oxygen atoms in total. The lowest BCUT2D eigenvalue weighted by molar-refractivity contribution is 0.0695. The first-order valence-corrected chi connectivity index (χ1v) is 9.32. The standard InChI is InChI=1S/C20H21Cl2NO3/c1-25-19-16(20(24)23-15-6-8-26-9-7-15)11-13(12-18(19)22)10-14-4-2-3-5-17(14)21/h2-5,11-12,15H,6-10H2,1H3,(H,23,24). The summed E-state index contributed by atoms with van der Waals surface area (Å²) < 4.78 is 10.7. The summed E-state index contributed by atoms with van der Waals surface area (Å²) in [5, 5.41) is 4.15. The van der Waals surface area contributed by atoms with Crippen molar-refractivity contribution in [2.45, 2.75) is 25.3 Å².